The van der Waals surface area contributed by atoms with Gasteiger partial charge in [-0.1, -0.05) is 0 Å². The number of rotatable bonds is 3. The summed E-state index contributed by atoms with van der Waals surface area (Å²) in [5.41, 5.74) is -0.454. The van der Waals surface area contributed by atoms with Gasteiger partial charge in [-0.15, -0.1) is 0 Å². The second-order valence-corrected chi connectivity index (χ2v) is 3.87. The highest BCUT2D eigenvalue weighted by atomic mass is 16.6. The monoisotopic (exact) mass is 239 g/mol. The molecule has 0 radical (unpaired) electrons. The van der Waals surface area contributed by atoms with E-state index in [4.69, 9.17) is 0 Å². The van der Waals surface area contributed by atoms with Gasteiger partial charge in [0.05, 0.1) is 4.92 Å². The Morgan fingerprint density at radius 1 is 1.53 bits per heavy atom. The zero-order valence-electron chi connectivity index (χ0n) is 9.10. The zero-order chi connectivity index (χ0) is 12.3. The molecular weight excluding hydrogens is 226 g/mol. The van der Waals surface area contributed by atoms with Gasteiger partial charge in [-0.2, -0.15) is 5.10 Å². The number of nitro groups is 1. The van der Waals surface area contributed by atoms with Crippen LogP contribution in [0.2, 0.25) is 0 Å². The topological polar surface area (TPSA) is 113 Å². The molecule has 1 aromatic heterocycles. The number of hydrogen-bond donors (Lipinski definition) is 3. The van der Waals surface area contributed by atoms with Crippen molar-refractivity contribution in [1.82, 2.24) is 20.8 Å². The van der Waals surface area contributed by atoms with Crippen molar-refractivity contribution in [3.05, 3.63) is 22.0 Å². The summed E-state index contributed by atoms with van der Waals surface area (Å²) in [6, 6.07) is 0.0556. The van der Waals surface area contributed by atoms with Gasteiger partial charge in [0.2, 0.25) is 5.69 Å². The van der Waals surface area contributed by atoms with Crippen LogP contribution in [0.15, 0.2) is 6.20 Å². The van der Waals surface area contributed by atoms with E-state index in [1.165, 1.54) is 0 Å². The normalized spacial score (nSPS) is 16.7. The molecule has 0 saturated carbocycles. The minimum absolute atomic E-state index is 0.0556. The van der Waals surface area contributed by atoms with E-state index in [1.807, 2.05) is 0 Å². The van der Waals surface area contributed by atoms with E-state index in [2.05, 4.69) is 20.8 Å². The number of piperidine rings is 1. The fourth-order valence-corrected chi connectivity index (χ4v) is 1.81. The van der Waals surface area contributed by atoms with E-state index in [-0.39, 0.29) is 17.4 Å². The number of nitrogens with zero attached hydrogens (tertiary/aromatic N) is 2. The second kappa shape index (κ2) is 4.91. The Bertz CT molecular complexity index is 424. The minimum atomic E-state index is -0.624. The van der Waals surface area contributed by atoms with Crippen molar-refractivity contribution >= 4 is 11.6 Å². The van der Waals surface area contributed by atoms with Crippen molar-refractivity contribution in [2.75, 3.05) is 13.1 Å². The molecule has 1 fully saturated rings. The molecule has 1 saturated heterocycles. The molecule has 3 N–H and O–H groups in total. The van der Waals surface area contributed by atoms with Gasteiger partial charge in [0, 0.05) is 6.04 Å². The summed E-state index contributed by atoms with van der Waals surface area (Å²) in [5, 5.41) is 22.5. The number of carbonyl (C=O) groups excluding carboxylic acids is 1. The molecule has 1 aliphatic rings. The van der Waals surface area contributed by atoms with E-state index < -0.39 is 10.8 Å². The van der Waals surface area contributed by atoms with Crippen LogP contribution in [0.4, 0.5) is 5.69 Å². The fourth-order valence-electron chi connectivity index (χ4n) is 1.81. The maximum Gasteiger partial charge on any atom is 0.319 e. The third-order valence-corrected chi connectivity index (χ3v) is 2.71. The first kappa shape index (κ1) is 11.5. The summed E-state index contributed by atoms with van der Waals surface area (Å²) in [4.78, 5) is 21.8. The van der Waals surface area contributed by atoms with Crippen LogP contribution in [0.25, 0.3) is 0 Å². The molecule has 0 atom stereocenters. The molecule has 0 aliphatic carbocycles. The highest BCUT2D eigenvalue weighted by molar-refractivity contribution is 5.96. The predicted molar refractivity (Wildman–Crippen MR) is 58.6 cm³/mol. The predicted octanol–water partition coefficient (Wildman–Crippen LogP) is -0.200. The molecule has 1 aliphatic heterocycles. The van der Waals surface area contributed by atoms with Gasteiger partial charge in [-0.3, -0.25) is 20.0 Å². The third-order valence-electron chi connectivity index (χ3n) is 2.71. The van der Waals surface area contributed by atoms with E-state index in [0.29, 0.717) is 0 Å². The SMILES string of the molecule is O=C(NC1CCNCC1)c1n[nH]cc1[N+](=O)[O-]. The maximum absolute atomic E-state index is 11.8. The lowest BCUT2D eigenvalue weighted by atomic mass is 10.1. The van der Waals surface area contributed by atoms with Gasteiger partial charge in [-0.05, 0) is 25.9 Å². The summed E-state index contributed by atoms with van der Waals surface area (Å²) in [6.07, 6.45) is 2.76. The summed E-state index contributed by atoms with van der Waals surface area (Å²) in [5.74, 6) is -0.496. The van der Waals surface area contributed by atoms with Crippen LogP contribution < -0.4 is 10.6 Å². The van der Waals surface area contributed by atoms with Crippen molar-refractivity contribution in [2.45, 2.75) is 18.9 Å². The van der Waals surface area contributed by atoms with Gasteiger partial charge in [0.25, 0.3) is 5.91 Å². The van der Waals surface area contributed by atoms with Crippen molar-refractivity contribution in [2.24, 2.45) is 0 Å². The number of carbonyl (C=O) groups is 1. The van der Waals surface area contributed by atoms with Gasteiger partial charge in [0.1, 0.15) is 6.20 Å². The molecule has 0 aromatic carbocycles. The summed E-state index contributed by atoms with van der Waals surface area (Å²) in [7, 11) is 0. The highest BCUT2D eigenvalue weighted by Gasteiger charge is 2.25. The first-order valence-corrected chi connectivity index (χ1v) is 5.38. The van der Waals surface area contributed by atoms with Gasteiger partial charge in [0.15, 0.2) is 0 Å². The molecule has 0 spiro atoms. The molecule has 8 nitrogen and oxygen atoms in total. The summed E-state index contributed by atoms with van der Waals surface area (Å²) in [6.45, 7) is 1.68. The molecule has 0 bridgehead atoms. The molecule has 8 heteroatoms. The van der Waals surface area contributed by atoms with Crippen LogP contribution in [0.3, 0.4) is 0 Å². The number of aromatic nitrogens is 2. The lowest BCUT2D eigenvalue weighted by Gasteiger charge is -2.23. The number of H-pyrrole nitrogens is 1. The lowest BCUT2D eigenvalue weighted by Crippen LogP contribution is -2.42. The average molecular weight is 239 g/mol. The summed E-state index contributed by atoms with van der Waals surface area (Å²) >= 11 is 0. The van der Waals surface area contributed by atoms with Crippen LogP contribution in [-0.4, -0.2) is 40.2 Å². The van der Waals surface area contributed by atoms with Crippen LogP contribution in [-0.2, 0) is 0 Å². The molecular formula is C9H13N5O3. The largest absolute Gasteiger partial charge is 0.348 e. The quantitative estimate of drug-likeness (QED) is 0.499. The van der Waals surface area contributed by atoms with Crippen molar-refractivity contribution in [1.29, 1.82) is 0 Å². The Labute approximate surface area is 96.9 Å². The Morgan fingerprint density at radius 2 is 2.24 bits per heavy atom. The smallest absolute Gasteiger partial charge is 0.319 e. The fraction of sp³-hybridized carbons (Fsp3) is 0.556. The molecule has 92 valence electrons. The standard InChI is InChI=1S/C9H13N5O3/c15-9(12-6-1-3-10-4-2-6)8-7(14(16)17)5-11-13-8/h5-6,10H,1-4H2,(H,11,13)(H,12,15). The lowest BCUT2D eigenvalue weighted by molar-refractivity contribution is -0.385. The average Bonchev–Trinajstić information content (AvgIpc) is 2.79. The minimum Gasteiger partial charge on any atom is -0.348 e. The number of aromatic amines is 1. The van der Waals surface area contributed by atoms with E-state index >= 15 is 0 Å². The number of hydrogen-bond acceptors (Lipinski definition) is 5. The Kier molecular flexibility index (Phi) is 3.33. The van der Waals surface area contributed by atoms with Crippen molar-refractivity contribution in [3.8, 4) is 0 Å². The molecule has 0 unspecified atom stereocenters. The Hall–Kier alpha value is -1.96. The molecule has 2 heterocycles. The second-order valence-electron chi connectivity index (χ2n) is 3.87. The molecule has 17 heavy (non-hydrogen) atoms. The number of nitrogens with one attached hydrogen (secondary N) is 3. The van der Waals surface area contributed by atoms with Crippen LogP contribution in [0.5, 0.6) is 0 Å². The zero-order valence-corrected chi connectivity index (χ0v) is 9.10. The van der Waals surface area contributed by atoms with Crippen LogP contribution in [0.1, 0.15) is 23.3 Å². The molecule has 1 amide bonds. The Morgan fingerprint density at radius 3 is 2.88 bits per heavy atom. The Balaban J connectivity index is 2.03. The van der Waals surface area contributed by atoms with Gasteiger partial charge in [-0.25, -0.2) is 0 Å². The molecule has 2 rings (SSSR count). The first-order valence-electron chi connectivity index (χ1n) is 5.38. The molecule has 1 aromatic rings. The maximum atomic E-state index is 11.8. The van der Waals surface area contributed by atoms with Crippen LogP contribution in [0, 0.1) is 10.1 Å². The van der Waals surface area contributed by atoms with E-state index in [0.717, 1.165) is 32.1 Å². The van der Waals surface area contributed by atoms with Gasteiger partial charge >= 0.3 is 5.69 Å². The first-order chi connectivity index (χ1) is 8.18. The van der Waals surface area contributed by atoms with Gasteiger partial charge < -0.3 is 10.6 Å². The number of amides is 1. The van der Waals surface area contributed by atoms with E-state index in [1.54, 1.807) is 0 Å². The van der Waals surface area contributed by atoms with E-state index in [9.17, 15) is 14.9 Å². The third kappa shape index (κ3) is 2.59. The highest BCUT2D eigenvalue weighted by Crippen LogP contribution is 2.14. The van der Waals surface area contributed by atoms with Crippen molar-refractivity contribution < 1.29 is 9.72 Å². The van der Waals surface area contributed by atoms with Crippen LogP contribution >= 0.6 is 0 Å². The summed E-state index contributed by atoms with van der Waals surface area (Å²) < 4.78 is 0. The van der Waals surface area contributed by atoms with Crippen molar-refractivity contribution in [3.63, 3.8) is 0 Å².